The van der Waals surface area contributed by atoms with E-state index in [2.05, 4.69) is 5.32 Å². The Kier molecular flexibility index (Phi) is 4.01. The number of ether oxygens (including phenoxy) is 2. The molecule has 0 saturated carbocycles. The molecule has 2 aromatic carbocycles. The first-order valence-corrected chi connectivity index (χ1v) is 8.43. The van der Waals surface area contributed by atoms with Crippen molar-refractivity contribution >= 4 is 17.4 Å². The molecular formula is C19H18ClN3O2. The summed E-state index contributed by atoms with van der Waals surface area (Å²) < 4.78 is 12.8. The zero-order valence-corrected chi connectivity index (χ0v) is 14.8. The van der Waals surface area contributed by atoms with Gasteiger partial charge >= 0.3 is 0 Å². The molecule has 0 aliphatic carbocycles. The average Bonchev–Trinajstić information content (AvgIpc) is 3.23. The SMILES string of the molecule is COc1ccc(OC)c(-c2nn(-c3cccc(Cl)c3)c3c2CCN3)c1. The van der Waals surface area contributed by atoms with Crippen molar-refractivity contribution in [3.8, 4) is 28.4 Å². The van der Waals surface area contributed by atoms with E-state index in [0.717, 1.165) is 47.2 Å². The molecule has 0 atom stereocenters. The average molecular weight is 356 g/mol. The number of anilines is 1. The standard InChI is InChI=1S/C19H18ClN3O2/c1-24-14-6-7-17(25-2)16(11-14)18-15-8-9-21-19(15)23(22-18)13-5-3-4-12(20)10-13/h3-7,10-11,21H,8-9H2,1-2H3. The van der Waals surface area contributed by atoms with Crippen molar-refractivity contribution in [2.24, 2.45) is 0 Å². The van der Waals surface area contributed by atoms with Crippen LogP contribution < -0.4 is 14.8 Å². The van der Waals surface area contributed by atoms with Crippen LogP contribution in [0.3, 0.4) is 0 Å². The number of fused-ring (bicyclic) bond motifs is 1. The molecule has 6 heteroatoms. The van der Waals surface area contributed by atoms with Crippen LogP contribution in [0.2, 0.25) is 5.02 Å². The third-order valence-electron chi connectivity index (χ3n) is 4.37. The minimum Gasteiger partial charge on any atom is -0.497 e. The van der Waals surface area contributed by atoms with Gasteiger partial charge in [-0.2, -0.15) is 5.10 Å². The smallest absolute Gasteiger partial charge is 0.133 e. The largest absolute Gasteiger partial charge is 0.497 e. The fraction of sp³-hybridized carbons (Fsp3) is 0.211. The van der Waals surface area contributed by atoms with Crippen LogP contribution >= 0.6 is 11.6 Å². The molecule has 1 aliphatic rings. The topological polar surface area (TPSA) is 48.3 Å². The molecule has 1 aliphatic heterocycles. The maximum atomic E-state index is 6.16. The van der Waals surface area contributed by atoms with Gasteiger partial charge in [-0.3, -0.25) is 0 Å². The first-order valence-electron chi connectivity index (χ1n) is 8.05. The van der Waals surface area contributed by atoms with Crippen LogP contribution in [-0.4, -0.2) is 30.5 Å². The van der Waals surface area contributed by atoms with E-state index in [1.165, 1.54) is 5.56 Å². The first kappa shape index (κ1) is 15.8. The number of hydrogen-bond donors (Lipinski definition) is 1. The maximum absolute atomic E-state index is 6.16. The molecule has 5 nitrogen and oxygen atoms in total. The highest BCUT2D eigenvalue weighted by Crippen LogP contribution is 2.40. The van der Waals surface area contributed by atoms with Gasteiger partial charge in [0, 0.05) is 22.7 Å². The van der Waals surface area contributed by atoms with E-state index < -0.39 is 0 Å². The number of nitrogens with zero attached hydrogens (tertiary/aromatic N) is 2. The van der Waals surface area contributed by atoms with E-state index >= 15 is 0 Å². The lowest BCUT2D eigenvalue weighted by Gasteiger charge is -2.10. The van der Waals surface area contributed by atoms with Crippen molar-refractivity contribution in [1.82, 2.24) is 9.78 Å². The van der Waals surface area contributed by atoms with Gasteiger partial charge in [-0.1, -0.05) is 17.7 Å². The van der Waals surface area contributed by atoms with Gasteiger partial charge in [0.2, 0.25) is 0 Å². The molecule has 25 heavy (non-hydrogen) atoms. The molecule has 0 amide bonds. The monoisotopic (exact) mass is 355 g/mol. The van der Waals surface area contributed by atoms with Crippen molar-refractivity contribution in [2.75, 3.05) is 26.1 Å². The lowest BCUT2D eigenvalue weighted by Crippen LogP contribution is -2.04. The Morgan fingerprint density at radius 1 is 1.12 bits per heavy atom. The summed E-state index contributed by atoms with van der Waals surface area (Å²) in [5, 5.41) is 8.97. The predicted octanol–water partition coefficient (Wildman–Crippen LogP) is 4.18. The minimum atomic E-state index is 0.681. The number of rotatable bonds is 4. The molecule has 0 bridgehead atoms. The predicted molar refractivity (Wildman–Crippen MR) is 99.3 cm³/mol. The lowest BCUT2D eigenvalue weighted by atomic mass is 10.1. The summed E-state index contributed by atoms with van der Waals surface area (Å²) in [4.78, 5) is 0. The molecule has 3 aromatic rings. The molecule has 4 rings (SSSR count). The summed E-state index contributed by atoms with van der Waals surface area (Å²) in [7, 11) is 3.32. The van der Waals surface area contributed by atoms with Crippen molar-refractivity contribution < 1.29 is 9.47 Å². The molecule has 0 radical (unpaired) electrons. The van der Waals surface area contributed by atoms with Gasteiger partial charge in [-0.05, 0) is 42.8 Å². The number of benzene rings is 2. The second-order valence-corrected chi connectivity index (χ2v) is 6.25. The number of halogens is 1. The normalized spacial score (nSPS) is 12.6. The van der Waals surface area contributed by atoms with Crippen LogP contribution in [0.4, 0.5) is 5.82 Å². The van der Waals surface area contributed by atoms with Gasteiger partial charge in [0.05, 0.1) is 19.9 Å². The Bertz CT molecular complexity index is 936. The number of nitrogens with one attached hydrogen (secondary N) is 1. The lowest BCUT2D eigenvalue weighted by molar-refractivity contribution is 0.404. The van der Waals surface area contributed by atoms with E-state index in [0.29, 0.717) is 5.02 Å². The Labute approximate surface area is 151 Å². The molecular weight excluding hydrogens is 338 g/mol. The summed E-state index contributed by atoms with van der Waals surface area (Å²) >= 11 is 6.16. The zero-order valence-electron chi connectivity index (χ0n) is 14.0. The van der Waals surface area contributed by atoms with Crippen LogP contribution in [0.25, 0.3) is 16.9 Å². The summed E-state index contributed by atoms with van der Waals surface area (Å²) in [6, 6.07) is 13.4. The van der Waals surface area contributed by atoms with E-state index in [4.69, 9.17) is 26.2 Å². The van der Waals surface area contributed by atoms with E-state index in [1.54, 1.807) is 14.2 Å². The summed E-state index contributed by atoms with van der Waals surface area (Å²) in [5.41, 5.74) is 3.91. The van der Waals surface area contributed by atoms with Crippen LogP contribution in [0.1, 0.15) is 5.56 Å². The molecule has 1 N–H and O–H groups in total. The fourth-order valence-electron chi connectivity index (χ4n) is 3.18. The van der Waals surface area contributed by atoms with Crippen LogP contribution in [0, 0.1) is 0 Å². The molecule has 0 saturated heterocycles. The van der Waals surface area contributed by atoms with Crippen molar-refractivity contribution in [3.63, 3.8) is 0 Å². The third-order valence-corrected chi connectivity index (χ3v) is 4.60. The van der Waals surface area contributed by atoms with Crippen LogP contribution in [0.5, 0.6) is 11.5 Å². The highest BCUT2D eigenvalue weighted by Gasteiger charge is 2.26. The van der Waals surface area contributed by atoms with Gasteiger partial charge in [-0.25, -0.2) is 4.68 Å². The Hall–Kier alpha value is -2.66. The van der Waals surface area contributed by atoms with Crippen molar-refractivity contribution in [2.45, 2.75) is 6.42 Å². The van der Waals surface area contributed by atoms with Gasteiger partial charge in [0.15, 0.2) is 0 Å². The fourth-order valence-corrected chi connectivity index (χ4v) is 3.37. The number of hydrogen-bond acceptors (Lipinski definition) is 4. The van der Waals surface area contributed by atoms with E-state index in [9.17, 15) is 0 Å². The molecule has 0 fully saturated rings. The number of methoxy groups -OCH3 is 2. The highest BCUT2D eigenvalue weighted by molar-refractivity contribution is 6.30. The molecule has 1 aromatic heterocycles. The van der Waals surface area contributed by atoms with Crippen LogP contribution in [0.15, 0.2) is 42.5 Å². The molecule has 0 spiro atoms. The third kappa shape index (κ3) is 2.70. The summed E-state index contributed by atoms with van der Waals surface area (Å²) in [5.74, 6) is 2.54. The summed E-state index contributed by atoms with van der Waals surface area (Å²) in [6.45, 7) is 0.882. The van der Waals surface area contributed by atoms with Gasteiger partial charge < -0.3 is 14.8 Å². The van der Waals surface area contributed by atoms with E-state index in [1.807, 2.05) is 47.1 Å². The highest BCUT2D eigenvalue weighted by atomic mass is 35.5. The Balaban J connectivity index is 1.92. The quantitative estimate of drug-likeness (QED) is 0.762. The second kappa shape index (κ2) is 6.33. The minimum absolute atomic E-state index is 0.681. The van der Waals surface area contributed by atoms with Crippen LogP contribution in [-0.2, 0) is 6.42 Å². The molecule has 0 unspecified atom stereocenters. The van der Waals surface area contributed by atoms with Gasteiger partial charge in [0.25, 0.3) is 0 Å². The first-order chi connectivity index (χ1) is 12.2. The second-order valence-electron chi connectivity index (χ2n) is 5.81. The van der Waals surface area contributed by atoms with Crippen molar-refractivity contribution in [3.05, 3.63) is 53.1 Å². The zero-order chi connectivity index (χ0) is 17.4. The maximum Gasteiger partial charge on any atom is 0.133 e. The van der Waals surface area contributed by atoms with Gasteiger partial charge in [0.1, 0.15) is 23.0 Å². The Morgan fingerprint density at radius 3 is 2.76 bits per heavy atom. The number of aromatic nitrogens is 2. The van der Waals surface area contributed by atoms with E-state index in [-0.39, 0.29) is 0 Å². The van der Waals surface area contributed by atoms with Gasteiger partial charge in [-0.15, -0.1) is 0 Å². The summed E-state index contributed by atoms with van der Waals surface area (Å²) in [6.07, 6.45) is 0.908. The molecule has 128 valence electrons. The molecule has 2 heterocycles. The Morgan fingerprint density at radius 2 is 2.00 bits per heavy atom. The van der Waals surface area contributed by atoms with Crippen molar-refractivity contribution in [1.29, 1.82) is 0 Å².